The van der Waals surface area contributed by atoms with Crippen LogP contribution in [0.5, 0.6) is 0 Å². The van der Waals surface area contributed by atoms with Gasteiger partial charge in [0, 0.05) is 4.47 Å². The summed E-state index contributed by atoms with van der Waals surface area (Å²) in [6.45, 7) is 1.16. The molecule has 10 heteroatoms. The molecule has 0 aliphatic rings. The smallest absolute Gasteiger partial charge is 0.207 e. The van der Waals surface area contributed by atoms with Gasteiger partial charge in [-0.15, -0.1) is 0 Å². The molecule has 1 aromatic carbocycles. The van der Waals surface area contributed by atoms with Crippen molar-refractivity contribution in [1.29, 1.82) is 0 Å². The Labute approximate surface area is 126 Å². The van der Waals surface area contributed by atoms with Crippen LogP contribution in [0.25, 0.3) is 0 Å². The van der Waals surface area contributed by atoms with Gasteiger partial charge in [0.15, 0.2) is 5.82 Å². The summed E-state index contributed by atoms with van der Waals surface area (Å²) in [4.78, 5) is -0.937. The molecule has 0 aliphatic carbocycles. The molecule has 1 atom stereocenters. The summed E-state index contributed by atoms with van der Waals surface area (Å²) in [5, 5.41) is -0.520. The van der Waals surface area contributed by atoms with Gasteiger partial charge in [0.2, 0.25) is 10.0 Å². The number of nitrogens with one attached hydrogen (secondary N) is 1. The molecule has 1 aromatic rings. The predicted molar refractivity (Wildman–Crippen MR) is 69.6 cm³/mol. The Kier molecular flexibility index (Phi) is 5.45. The van der Waals surface area contributed by atoms with Crippen molar-refractivity contribution in [2.24, 2.45) is 0 Å². The monoisotopic (exact) mass is 397 g/mol. The third-order valence-corrected chi connectivity index (χ3v) is 5.14. The minimum atomic E-state index is -4.77. The van der Waals surface area contributed by atoms with E-state index in [0.29, 0.717) is 0 Å². The summed E-state index contributed by atoms with van der Waals surface area (Å²) in [5.41, 5.74) is 0. The molecule has 0 aromatic heterocycles. The van der Waals surface area contributed by atoms with E-state index in [9.17, 15) is 26.0 Å². The average Bonchev–Trinajstić information content (AvgIpc) is 2.31. The molecule has 0 radical (unpaired) electrons. The molecule has 0 aliphatic heterocycles. The van der Waals surface area contributed by atoms with Crippen molar-refractivity contribution in [3.05, 3.63) is 27.4 Å². The van der Waals surface area contributed by atoms with Gasteiger partial charge in [0.05, 0.1) is 5.02 Å². The maximum Gasteiger partial charge on any atom is 0.404 e. The maximum atomic E-state index is 13.7. The topological polar surface area (TPSA) is 46.2 Å². The molecular weight excluding hydrogens is 390 g/mol. The van der Waals surface area contributed by atoms with Gasteiger partial charge in [0.25, 0.3) is 0 Å². The minimum absolute atomic E-state index is 0.0958. The molecule has 0 saturated carbocycles. The zero-order chi connectivity index (χ0) is 15.7. The summed E-state index contributed by atoms with van der Waals surface area (Å²) < 4.78 is 76.5. The van der Waals surface area contributed by atoms with Crippen molar-refractivity contribution in [1.82, 2.24) is 4.72 Å². The van der Waals surface area contributed by atoms with E-state index in [0.717, 1.165) is 19.1 Å². The van der Waals surface area contributed by atoms with Gasteiger partial charge in [-0.3, -0.25) is 0 Å². The summed E-state index contributed by atoms with van der Waals surface area (Å²) in [5.74, 6) is -1.31. The normalized spacial score (nSPS) is 14.3. The second kappa shape index (κ2) is 6.17. The molecule has 3 nitrogen and oxygen atoms in total. The Balaban J connectivity index is 3.22. The highest BCUT2D eigenvalue weighted by molar-refractivity contribution is 9.10. The van der Waals surface area contributed by atoms with Crippen LogP contribution in [0.1, 0.15) is 13.3 Å². The second-order valence-electron chi connectivity index (χ2n) is 3.80. The van der Waals surface area contributed by atoms with E-state index in [1.807, 2.05) is 0 Å². The van der Waals surface area contributed by atoms with Crippen LogP contribution in [0.4, 0.5) is 17.6 Å². The van der Waals surface area contributed by atoms with Crippen molar-refractivity contribution >= 4 is 37.6 Å². The standard InChI is InChI=1S/C10H9BrClF4NO2S/c1-2-7(10(14,15)16)17-20(18,19)6-4-3-5(11)8(12)9(6)13/h3-4,7,17H,2H2,1H3. The molecule has 1 rings (SSSR count). The van der Waals surface area contributed by atoms with Gasteiger partial charge in [-0.05, 0) is 34.5 Å². The van der Waals surface area contributed by atoms with Crippen LogP contribution in [-0.4, -0.2) is 20.6 Å². The molecular formula is C10H9BrClF4NO2S. The summed E-state index contributed by atoms with van der Waals surface area (Å²) >= 11 is 8.39. The lowest BCUT2D eigenvalue weighted by Gasteiger charge is -2.20. The van der Waals surface area contributed by atoms with Crippen molar-refractivity contribution in [2.45, 2.75) is 30.5 Å². The van der Waals surface area contributed by atoms with Crippen LogP contribution in [0.15, 0.2) is 21.5 Å². The van der Waals surface area contributed by atoms with Gasteiger partial charge in [-0.1, -0.05) is 18.5 Å². The fourth-order valence-corrected chi connectivity index (χ4v) is 3.26. The molecule has 0 saturated heterocycles. The molecule has 1 N–H and O–H groups in total. The van der Waals surface area contributed by atoms with E-state index >= 15 is 0 Å². The van der Waals surface area contributed by atoms with Crippen molar-refractivity contribution < 1.29 is 26.0 Å². The Hall–Kier alpha value is -0.380. The third-order valence-electron chi connectivity index (χ3n) is 2.39. The summed E-state index contributed by atoms with van der Waals surface area (Å²) in [6, 6.07) is -0.333. The number of rotatable bonds is 4. The van der Waals surface area contributed by atoms with Gasteiger partial charge in [-0.2, -0.15) is 17.9 Å². The van der Waals surface area contributed by atoms with Crippen LogP contribution in [0, 0.1) is 5.82 Å². The predicted octanol–water partition coefficient (Wildman–Crippen LogP) is 3.86. The lowest BCUT2D eigenvalue weighted by Crippen LogP contribution is -2.45. The zero-order valence-corrected chi connectivity index (χ0v) is 13.1. The van der Waals surface area contributed by atoms with E-state index in [1.54, 1.807) is 0 Å². The molecule has 0 fully saturated rings. The number of alkyl halides is 3. The van der Waals surface area contributed by atoms with Gasteiger partial charge >= 0.3 is 6.18 Å². The van der Waals surface area contributed by atoms with Crippen LogP contribution >= 0.6 is 27.5 Å². The Morgan fingerprint density at radius 3 is 2.40 bits per heavy atom. The number of halogens is 6. The number of benzene rings is 1. The molecule has 114 valence electrons. The maximum absolute atomic E-state index is 13.7. The number of hydrogen-bond acceptors (Lipinski definition) is 2. The Morgan fingerprint density at radius 1 is 1.40 bits per heavy atom. The quantitative estimate of drug-likeness (QED) is 0.618. The highest BCUT2D eigenvalue weighted by atomic mass is 79.9. The lowest BCUT2D eigenvalue weighted by molar-refractivity contribution is -0.151. The fraction of sp³-hybridized carbons (Fsp3) is 0.400. The molecule has 0 heterocycles. The van der Waals surface area contributed by atoms with Crippen LogP contribution in [0.3, 0.4) is 0 Å². The van der Waals surface area contributed by atoms with Crippen LogP contribution in [0.2, 0.25) is 5.02 Å². The highest BCUT2D eigenvalue weighted by Gasteiger charge is 2.41. The van der Waals surface area contributed by atoms with E-state index < -0.39 is 44.4 Å². The molecule has 0 spiro atoms. The highest BCUT2D eigenvalue weighted by Crippen LogP contribution is 2.31. The first-order chi connectivity index (χ1) is 9.00. The third kappa shape index (κ3) is 3.84. The van der Waals surface area contributed by atoms with Crippen LogP contribution < -0.4 is 4.72 Å². The Morgan fingerprint density at radius 2 is 1.95 bits per heavy atom. The summed E-state index contributed by atoms with van der Waals surface area (Å²) in [7, 11) is -4.67. The zero-order valence-electron chi connectivity index (χ0n) is 9.93. The first-order valence-corrected chi connectivity index (χ1v) is 7.88. The fourth-order valence-electron chi connectivity index (χ4n) is 1.35. The largest absolute Gasteiger partial charge is 0.404 e. The molecule has 0 amide bonds. The number of hydrogen-bond donors (Lipinski definition) is 1. The van der Waals surface area contributed by atoms with E-state index in [-0.39, 0.29) is 4.47 Å². The number of sulfonamides is 1. The van der Waals surface area contributed by atoms with Gasteiger partial charge in [0.1, 0.15) is 10.9 Å². The van der Waals surface area contributed by atoms with Gasteiger partial charge < -0.3 is 0 Å². The van der Waals surface area contributed by atoms with Crippen molar-refractivity contribution in [3.8, 4) is 0 Å². The van der Waals surface area contributed by atoms with Crippen molar-refractivity contribution in [3.63, 3.8) is 0 Å². The SMILES string of the molecule is CCC(NS(=O)(=O)c1ccc(Br)c(Cl)c1F)C(F)(F)F. The first kappa shape index (κ1) is 17.7. The van der Waals surface area contributed by atoms with Crippen LogP contribution in [-0.2, 0) is 10.0 Å². The van der Waals surface area contributed by atoms with Gasteiger partial charge in [-0.25, -0.2) is 12.8 Å². The van der Waals surface area contributed by atoms with Crippen molar-refractivity contribution in [2.75, 3.05) is 0 Å². The van der Waals surface area contributed by atoms with E-state index in [2.05, 4.69) is 15.9 Å². The lowest BCUT2D eigenvalue weighted by atomic mass is 10.2. The first-order valence-electron chi connectivity index (χ1n) is 5.23. The average molecular weight is 399 g/mol. The van der Waals surface area contributed by atoms with E-state index in [4.69, 9.17) is 11.6 Å². The summed E-state index contributed by atoms with van der Waals surface area (Å²) in [6.07, 6.45) is -5.29. The minimum Gasteiger partial charge on any atom is -0.207 e. The molecule has 0 bridgehead atoms. The van der Waals surface area contributed by atoms with E-state index in [1.165, 1.54) is 4.72 Å². The molecule has 1 unspecified atom stereocenters. The molecule has 20 heavy (non-hydrogen) atoms. The Bertz CT molecular complexity index is 606. The second-order valence-corrected chi connectivity index (χ2v) is 6.71.